The lowest BCUT2D eigenvalue weighted by molar-refractivity contribution is -0.123. The maximum Gasteiger partial charge on any atom is 0.229 e. The first kappa shape index (κ1) is 23.2. The fourth-order valence-corrected chi connectivity index (χ4v) is 3.75. The van der Waals surface area contributed by atoms with Gasteiger partial charge in [0.05, 0.1) is 12.7 Å². The van der Waals surface area contributed by atoms with Crippen molar-refractivity contribution in [3.05, 3.63) is 47.3 Å². The van der Waals surface area contributed by atoms with Gasteiger partial charge in [0.15, 0.2) is 12.5 Å². The van der Waals surface area contributed by atoms with Crippen LogP contribution in [0.1, 0.15) is 58.2 Å². The Bertz CT molecular complexity index is 994. The summed E-state index contributed by atoms with van der Waals surface area (Å²) in [6.07, 6.45) is 4.54. The van der Waals surface area contributed by atoms with E-state index in [-0.39, 0.29) is 10.7 Å². The summed E-state index contributed by atoms with van der Waals surface area (Å²) in [7, 11) is 0. The standard InChI is InChI=1S/C23H32N6OS/c1-22(2,3)21(30)27-19-8-7-17(18(10-19)14-31-23(4,5)6)13-29-12-16(11-26-29)9-20-24-15-25-28-20/h7-8,10-12H,9,13-15H2,1-6H3,(H,27,30). The van der Waals surface area contributed by atoms with Crippen LogP contribution in [0.2, 0.25) is 0 Å². The van der Waals surface area contributed by atoms with E-state index in [1.807, 2.05) is 55.7 Å². The monoisotopic (exact) mass is 440 g/mol. The Hall–Kier alpha value is -2.48. The zero-order valence-corrected chi connectivity index (χ0v) is 20.1. The number of azo groups is 1. The molecule has 1 aromatic carbocycles. The summed E-state index contributed by atoms with van der Waals surface area (Å²) < 4.78 is 2.09. The van der Waals surface area contributed by atoms with Crippen LogP contribution in [-0.2, 0) is 23.5 Å². The van der Waals surface area contributed by atoms with E-state index in [0.29, 0.717) is 19.6 Å². The van der Waals surface area contributed by atoms with Gasteiger partial charge in [-0.2, -0.15) is 22.0 Å². The third-order valence-corrected chi connectivity index (χ3v) is 6.01. The summed E-state index contributed by atoms with van der Waals surface area (Å²) in [4.78, 5) is 16.7. The van der Waals surface area contributed by atoms with Crippen LogP contribution in [0.15, 0.2) is 45.8 Å². The molecule has 0 atom stereocenters. The first-order valence-corrected chi connectivity index (χ1v) is 11.5. The van der Waals surface area contributed by atoms with Gasteiger partial charge in [-0.3, -0.25) is 9.48 Å². The van der Waals surface area contributed by atoms with Crippen LogP contribution in [0.4, 0.5) is 5.69 Å². The summed E-state index contributed by atoms with van der Waals surface area (Å²) >= 11 is 1.89. The quantitative estimate of drug-likeness (QED) is 0.633. The molecule has 0 fully saturated rings. The average Bonchev–Trinajstić information content (AvgIpc) is 3.33. The number of benzene rings is 1. The highest BCUT2D eigenvalue weighted by Gasteiger charge is 2.22. The summed E-state index contributed by atoms with van der Waals surface area (Å²) in [5.74, 6) is 1.63. The summed E-state index contributed by atoms with van der Waals surface area (Å²) in [6.45, 7) is 13.5. The SMILES string of the molecule is CC(C)(C)SCc1cc(NC(=O)C(C)(C)C)ccc1Cn1cc(CC2=NCN=N2)cn1. The van der Waals surface area contributed by atoms with Crippen molar-refractivity contribution >= 4 is 29.2 Å². The minimum Gasteiger partial charge on any atom is -0.326 e. The van der Waals surface area contributed by atoms with Crippen LogP contribution in [0.5, 0.6) is 0 Å². The summed E-state index contributed by atoms with van der Waals surface area (Å²) in [6, 6.07) is 6.16. The van der Waals surface area contributed by atoms with Gasteiger partial charge in [-0.25, -0.2) is 4.99 Å². The van der Waals surface area contributed by atoms with Gasteiger partial charge in [-0.05, 0) is 28.8 Å². The molecule has 0 saturated carbocycles. The van der Waals surface area contributed by atoms with E-state index in [0.717, 1.165) is 22.8 Å². The molecule has 0 spiro atoms. The second kappa shape index (κ2) is 9.34. The Morgan fingerprint density at radius 2 is 1.94 bits per heavy atom. The molecular weight excluding hydrogens is 408 g/mol. The maximum absolute atomic E-state index is 12.4. The first-order chi connectivity index (χ1) is 14.5. The normalized spacial score (nSPS) is 14.1. The third kappa shape index (κ3) is 7.02. The molecule has 166 valence electrons. The predicted molar refractivity (Wildman–Crippen MR) is 128 cm³/mol. The molecule has 0 aliphatic carbocycles. The van der Waals surface area contributed by atoms with Crippen LogP contribution >= 0.6 is 11.8 Å². The fraction of sp³-hybridized carbons (Fsp3) is 0.522. The van der Waals surface area contributed by atoms with Crippen molar-refractivity contribution in [1.82, 2.24) is 9.78 Å². The van der Waals surface area contributed by atoms with Crippen molar-refractivity contribution in [1.29, 1.82) is 0 Å². The highest BCUT2D eigenvalue weighted by molar-refractivity contribution is 7.99. The molecule has 0 bridgehead atoms. The van der Waals surface area contributed by atoms with E-state index in [2.05, 4.69) is 58.5 Å². The van der Waals surface area contributed by atoms with Crippen molar-refractivity contribution in [2.45, 2.75) is 65.0 Å². The second-order valence-electron chi connectivity index (χ2n) is 9.77. The number of nitrogens with one attached hydrogen (secondary N) is 1. The molecule has 1 amide bonds. The average molecular weight is 441 g/mol. The molecule has 1 aliphatic heterocycles. The molecule has 1 N–H and O–H groups in total. The van der Waals surface area contributed by atoms with Crippen LogP contribution in [-0.4, -0.2) is 32.9 Å². The van der Waals surface area contributed by atoms with Crippen LogP contribution in [0.25, 0.3) is 0 Å². The van der Waals surface area contributed by atoms with Crippen molar-refractivity contribution in [2.24, 2.45) is 20.6 Å². The van der Waals surface area contributed by atoms with Gasteiger partial charge in [0.1, 0.15) is 0 Å². The van der Waals surface area contributed by atoms with E-state index in [1.54, 1.807) is 0 Å². The van der Waals surface area contributed by atoms with Gasteiger partial charge in [0.2, 0.25) is 5.91 Å². The Morgan fingerprint density at radius 1 is 1.16 bits per heavy atom. The second-order valence-corrected chi connectivity index (χ2v) is 11.6. The van der Waals surface area contributed by atoms with Gasteiger partial charge >= 0.3 is 0 Å². The number of hydrogen-bond acceptors (Lipinski definition) is 6. The predicted octanol–water partition coefficient (Wildman–Crippen LogP) is 5.31. The lowest BCUT2D eigenvalue weighted by Crippen LogP contribution is -2.27. The molecule has 1 aromatic heterocycles. The van der Waals surface area contributed by atoms with Gasteiger partial charge in [0.25, 0.3) is 0 Å². The number of thioether (sulfide) groups is 1. The molecule has 0 saturated heterocycles. The maximum atomic E-state index is 12.4. The van der Waals surface area contributed by atoms with Crippen LogP contribution < -0.4 is 5.32 Å². The minimum absolute atomic E-state index is 0.0124. The third-order valence-electron chi connectivity index (χ3n) is 4.69. The lowest BCUT2D eigenvalue weighted by Gasteiger charge is -2.21. The topological polar surface area (TPSA) is 84.0 Å². The number of hydrogen-bond donors (Lipinski definition) is 1. The van der Waals surface area contributed by atoms with E-state index in [9.17, 15) is 4.79 Å². The number of rotatable bonds is 7. The molecule has 7 nitrogen and oxygen atoms in total. The number of carbonyl (C=O) groups is 1. The van der Waals surface area contributed by atoms with Crippen molar-refractivity contribution in [3.8, 4) is 0 Å². The molecule has 0 radical (unpaired) electrons. The fourth-order valence-electron chi connectivity index (χ4n) is 2.90. The molecule has 31 heavy (non-hydrogen) atoms. The first-order valence-electron chi connectivity index (χ1n) is 10.5. The van der Waals surface area contributed by atoms with Gasteiger partial charge in [0, 0.05) is 34.2 Å². The van der Waals surface area contributed by atoms with Crippen molar-refractivity contribution < 1.29 is 4.79 Å². The summed E-state index contributed by atoms with van der Waals surface area (Å²) in [5, 5.41) is 15.5. The molecule has 8 heteroatoms. The molecule has 2 heterocycles. The number of carbonyl (C=O) groups excluding carboxylic acids is 1. The Labute approximate surface area is 188 Å². The Morgan fingerprint density at radius 3 is 2.58 bits per heavy atom. The Balaban J connectivity index is 1.78. The van der Waals surface area contributed by atoms with Gasteiger partial charge in [-0.1, -0.05) is 47.6 Å². The molecule has 3 rings (SSSR count). The number of aromatic nitrogens is 2. The van der Waals surface area contributed by atoms with E-state index < -0.39 is 5.41 Å². The van der Waals surface area contributed by atoms with Crippen LogP contribution in [0.3, 0.4) is 0 Å². The number of nitrogens with zero attached hydrogens (tertiary/aromatic N) is 5. The van der Waals surface area contributed by atoms with E-state index in [1.165, 1.54) is 11.1 Å². The van der Waals surface area contributed by atoms with Crippen LogP contribution in [0, 0.1) is 5.41 Å². The van der Waals surface area contributed by atoms with E-state index >= 15 is 0 Å². The number of amidine groups is 1. The summed E-state index contributed by atoms with van der Waals surface area (Å²) in [5.41, 5.74) is 3.86. The van der Waals surface area contributed by atoms with Gasteiger partial charge in [-0.15, -0.1) is 5.11 Å². The number of aliphatic imine (C=N–C) groups is 1. The Kier molecular flexibility index (Phi) is 6.99. The molecule has 2 aromatic rings. The largest absolute Gasteiger partial charge is 0.326 e. The molecular formula is C23H32N6OS. The lowest BCUT2D eigenvalue weighted by atomic mass is 9.95. The van der Waals surface area contributed by atoms with E-state index in [4.69, 9.17) is 0 Å². The number of amides is 1. The smallest absolute Gasteiger partial charge is 0.229 e. The number of anilines is 1. The minimum atomic E-state index is -0.437. The van der Waals surface area contributed by atoms with Gasteiger partial charge < -0.3 is 5.32 Å². The highest BCUT2D eigenvalue weighted by atomic mass is 32.2. The highest BCUT2D eigenvalue weighted by Crippen LogP contribution is 2.30. The molecule has 0 unspecified atom stereocenters. The van der Waals surface area contributed by atoms with Crippen molar-refractivity contribution in [3.63, 3.8) is 0 Å². The van der Waals surface area contributed by atoms with Crippen molar-refractivity contribution in [2.75, 3.05) is 12.0 Å². The zero-order chi connectivity index (χ0) is 22.6. The molecule has 1 aliphatic rings. The zero-order valence-electron chi connectivity index (χ0n) is 19.3.